The molecule has 1 heterocycles. The first-order chi connectivity index (χ1) is 10.7. The van der Waals surface area contributed by atoms with Crippen molar-refractivity contribution in [3.63, 3.8) is 0 Å². The molecular weight excluding hydrogens is 294 g/mol. The normalized spacial score (nSPS) is 13.7. The lowest BCUT2D eigenvalue weighted by molar-refractivity contribution is 0.0811. The van der Waals surface area contributed by atoms with Gasteiger partial charge < -0.3 is 9.84 Å². The maximum Gasteiger partial charge on any atom is 0.148 e. The van der Waals surface area contributed by atoms with Crippen molar-refractivity contribution in [3.8, 4) is 5.75 Å². The second kappa shape index (κ2) is 5.91. The van der Waals surface area contributed by atoms with Crippen LogP contribution >= 0.6 is 11.3 Å². The van der Waals surface area contributed by atoms with E-state index in [0.29, 0.717) is 22.7 Å². The Kier molecular flexibility index (Phi) is 3.96. The van der Waals surface area contributed by atoms with E-state index in [1.807, 2.05) is 48.5 Å². The molecule has 1 unspecified atom stereocenters. The zero-order valence-electron chi connectivity index (χ0n) is 12.3. The number of para-hydroxylation sites is 2. The Labute approximate surface area is 133 Å². The highest BCUT2D eigenvalue weighted by molar-refractivity contribution is 7.18. The number of aliphatic hydroxyl groups is 1. The van der Waals surface area contributed by atoms with Gasteiger partial charge in [0, 0.05) is 12.0 Å². The average molecular weight is 311 g/mol. The van der Waals surface area contributed by atoms with Crippen molar-refractivity contribution >= 4 is 21.6 Å². The van der Waals surface area contributed by atoms with Gasteiger partial charge in [0.05, 0.1) is 17.3 Å². The maximum atomic E-state index is 11.4. The molecule has 0 aliphatic rings. The highest BCUT2D eigenvalue weighted by Crippen LogP contribution is 2.41. The largest absolute Gasteiger partial charge is 0.496 e. The molecular formula is C18H17NO2S. The van der Waals surface area contributed by atoms with Gasteiger partial charge in [-0.15, -0.1) is 17.9 Å². The zero-order valence-corrected chi connectivity index (χ0v) is 13.1. The summed E-state index contributed by atoms with van der Waals surface area (Å²) in [7, 11) is 1.60. The van der Waals surface area contributed by atoms with Gasteiger partial charge in [0.2, 0.25) is 0 Å². The molecule has 1 N–H and O–H groups in total. The third kappa shape index (κ3) is 2.40. The molecule has 2 aromatic carbocycles. The van der Waals surface area contributed by atoms with Crippen LogP contribution in [0.1, 0.15) is 17.0 Å². The molecule has 4 heteroatoms. The standard InChI is InChI=1S/C18H17NO2S/c1-3-12-18(20,13-8-4-6-10-15(13)21-2)17-19-14-9-5-7-11-16(14)22-17/h3-11,20H,1,12H2,2H3. The zero-order chi connectivity index (χ0) is 15.6. The molecule has 0 fully saturated rings. The number of methoxy groups -OCH3 is 1. The van der Waals surface area contributed by atoms with Crippen LogP contribution in [-0.2, 0) is 5.60 Å². The molecule has 1 atom stereocenters. The van der Waals surface area contributed by atoms with Crippen molar-refractivity contribution < 1.29 is 9.84 Å². The topological polar surface area (TPSA) is 42.4 Å². The predicted octanol–water partition coefficient (Wildman–Crippen LogP) is 4.12. The van der Waals surface area contributed by atoms with E-state index in [-0.39, 0.29) is 0 Å². The Morgan fingerprint density at radius 2 is 1.95 bits per heavy atom. The molecule has 0 aliphatic carbocycles. The number of fused-ring (bicyclic) bond motifs is 1. The molecule has 0 radical (unpaired) electrons. The Hall–Kier alpha value is -2.17. The summed E-state index contributed by atoms with van der Waals surface area (Å²) in [6.45, 7) is 3.78. The van der Waals surface area contributed by atoms with E-state index < -0.39 is 5.60 Å². The van der Waals surface area contributed by atoms with Crippen LogP contribution in [0.4, 0.5) is 0 Å². The Morgan fingerprint density at radius 3 is 2.68 bits per heavy atom. The van der Waals surface area contributed by atoms with Crippen LogP contribution in [0.3, 0.4) is 0 Å². The molecule has 0 bridgehead atoms. The fraction of sp³-hybridized carbons (Fsp3) is 0.167. The minimum Gasteiger partial charge on any atom is -0.496 e. The summed E-state index contributed by atoms with van der Waals surface area (Å²) in [5.74, 6) is 0.645. The first kappa shape index (κ1) is 14.8. The number of rotatable bonds is 5. The number of hydrogen-bond acceptors (Lipinski definition) is 4. The van der Waals surface area contributed by atoms with Gasteiger partial charge in [0.15, 0.2) is 0 Å². The second-order valence-electron chi connectivity index (χ2n) is 5.04. The molecule has 3 rings (SSSR count). The lowest BCUT2D eigenvalue weighted by Crippen LogP contribution is -2.27. The molecule has 3 nitrogen and oxygen atoms in total. The summed E-state index contributed by atoms with van der Waals surface area (Å²) in [5, 5.41) is 12.0. The number of nitrogens with zero attached hydrogens (tertiary/aromatic N) is 1. The van der Waals surface area contributed by atoms with Crippen LogP contribution < -0.4 is 4.74 Å². The number of benzene rings is 2. The fourth-order valence-corrected chi connectivity index (χ4v) is 3.64. The van der Waals surface area contributed by atoms with Crippen LogP contribution in [0.15, 0.2) is 61.2 Å². The molecule has 22 heavy (non-hydrogen) atoms. The van der Waals surface area contributed by atoms with Gasteiger partial charge in [-0.1, -0.05) is 36.4 Å². The number of aromatic nitrogens is 1. The van der Waals surface area contributed by atoms with Crippen molar-refractivity contribution in [2.75, 3.05) is 7.11 Å². The van der Waals surface area contributed by atoms with Gasteiger partial charge in [-0.2, -0.15) is 0 Å². The molecule has 112 valence electrons. The van der Waals surface area contributed by atoms with E-state index in [2.05, 4.69) is 11.6 Å². The van der Waals surface area contributed by atoms with Crippen molar-refractivity contribution in [1.82, 2.24) is 4.98 Å². The number of ether oxygens (including phenoxy) is 1. The average Bonchev–Trinajstić information content (AvgIpc) is 2.99. The van der Waals surface area contributed by atoms with Gasteiger partial charge in [-0.05, 0) is 18.2 Å². The molecule has 1 aromatic heterocycles. The maximum absolute atomic E-state index is 11.4. The SMILES string of the molecule is C=CCC(O)(c1nc2ccccc2s1)c1ccccc1OC. The highest BCUT2D eigenvalue weighted by atomic mass is 32.1. The molecule has 0 saturated carbocycles. The van der Waals surface area contributed by atoms with E-state index in [1.54, 1.807) is 13.2 Å². The smallest absolute Gasteiger partial charge is 0.148 e. The van der Waals surface area contributed by atoms with E-state index in [0.717, 1.165) is 10.2 Å². The van der Waals surface area contributed by atoms with E-state index >= 15 is 0 Å². The number of thiazole rings is 1. The number of hydrogen-bond donors (Lipinski definition) is 1. The first-order valence-electron chi connectivity index (χ1n) is 7.02. The summed E-state index contributed by atoms with van der Waals surface area (Å²) in [4.78, 5) is 4.62. The second-order valence-corrected chi connectivity index (χ2v) is 6.07. The van der Waals surface area contributed by atoms with Crippen molar-refractivity contribution in [3.05, 3.63) is 71.8 Å². The molecule has 0 aliphatic heterocycles. The molecule has 0 spiro atoms. The summed E-state index contributed by atoms with van der Waals surface area (Å²) in [6, 6.07) is 15.4. The van der Waals surface area contributed by atoms with Crippen molar-refractivity contribution in [2.24, 2.45) is 0 Å². The Bertz CT molecular complexity index is 778. The van der Waals surface area contributed by atoms with Gasteiger partial charge in [-0.3, -0.25) is 0 Å². The van der Waals surface area contributed by atoms with E-state index in [9.17, 15) is 5.11 Å². The lowest BCUT2D eigenvalue weighted by Gasteiger charge is -2.26. The quantitative estimate of drug-likeness (QED) is 0.721. The highest BCUT2D eigenvalue weighted by Gasteiger charge is 2.36. The van der Waals surface area contributed by atoms with Crippen LogP contribution in [0, 0.1) is 0 Å². The lowest BCUT2D eigenvalue weighted by atomic mass is 9.90. The van der Waals surface area contributed by atoms with Crippen molar-refractivity contribution in [2.45, 2.75) is 12.0 Å². The van der Waals surface area contributed by atoms with E-state index in [1.165, 1.54) is 11.3 Å². The van der Waals surface area contributed by atoms with Gasteiger partial charge in [0.1, 0.15) is 16.4 Å². The molecule has 0 amide bonds. The fourth-order valence-electron chi connectivity index (χ4n) is 2.56. The monoisotopic (exact) mass is 311 g/mol. The third-order valence-corrected chi connectivity index (χ3v) is 4.83. The Balaban J connectivity index is 2.21. The molecule has 0 saturated heterocycles. The molecule has 3 aromatic rings. The summed E-state index contributed by atoms with van der Waals surface area (Å²) in [5.41, 5.74) is 0.356. The van der Waals surface area contributed by atoms with Gasteiger partial charge in [0.25, 0.3) is 0 Å². The predicted molar refractivity (Wildman–Crippen MR) is 90.4 cm³/mol. The van der Waals surface area contributed by atoms with Crippen LogP contribution in [-0.4, -0.2) is 17.2 Å². The van der Waals surface area contributed by atoms with Crippen LogP contribution in [0.2, 0.25) is 0 Å². The Morgan fingerprint density at radius 1 is 1.23 bits per heavy atom. The summed E-state index contributed by atoms with van der Waals surface area (Å²) >= 11 is 1.49. The summed E-state index contributed by atoms with van der Waals surface area (Å²) < 4.78 is 6.47. The first-order valence-corrected chi connectivity index (χ1v) is 7.83. The van der Waals surface area contributed by atoms with Crippen LogP contribution in [0.5, 0.6) is 5.75 Å². The van der Waals surface area contributed by atoms with Crippen molar-refractivity contribution in [1.29, 1.82) is 0 Å². The minimum absolute atomic E-state index is 0.368. The van der Waals surface area contributed by atoms with Gasteiger partial charge in [-0.25, -0.2) is 4.98 Å². The minimum atomic E-state index is -1.24. The third-order valence-electron chi connectivity index (χ3n) is 3.64. The van der Waals surface area contributed by atoms with E-state index in [4.69, 9.17) is 4.74 Å². The summed E-state index contributed by atoms with van der Waals surface area (Å²) in [6.07, 6.45) is 2.08. The van der Waals surface area contributed by atoms with Crippen LogP contribution in [0.25, 0.3) is 10.2 Å². The van der Waals surface area contributed by atoms with Gasteiger partial charge >= 0.3 is 0 Å².